The van der Waals surface area contributed by atoms with Gasteiger partial charge in [-0.1, -0.05) is 253 Å². The van der Waals surface area contributed by atoms with Crippen molar-refractivity contribution in [3.05, 3.63) is 0 Å². The largest absolute Gasteiger partial charge is 0.462 e. The lowest BCUT2D eigenvalue weighted by molar-refractivity contribution is -0.167. The third-order valence-corrected chi connectivity index (χ3v) is 12.7. The van der Waals surface area contributed by atoms with Gasteiger partial charge in [0.15, 0.2) is 6.10 Å². The van der Waals surface area contributed by atoms with Gasteiger partial charge < -0.3 is 14.2 Å². The summed E-state index contributed by atoms with van der Waals surface area (Å²) in [5, 5.41) is 0. The average molecular weight is 835 g/mol. The Labute approximate surface area is 368 Å². The van der Waals surface area contributed by atoms with E-state index < -0.39 is 6.10 Å². The highest BCUT2D eigenvalue weighted by molar-refractivity contribution is 5.71. The van der Waals surface area contributed by atoms with Crippen LogP contribution in [0.25, 0.3) is 0 Å². The number of hydrogen-bond donors (Lipinski definition) is 0. The Hall–Kier alpha value is -1.59. The number of carbonyl (C=O) groups excluding carboxylic acids is 3. The van der Waals surface area contributed by atoms with Gasteiger partial charge >= 0.3 is 17.9 Å². The lowest BCUT2D eigenvalue weighted by Gasteiger charge is -2.18. The summed E-state index contributed by atoms with van der Waals surface area (Å²) in [6.45, 7) is 11.4. The van der Waals surface area contributed by atoms with Crippen LogP contribution in [0, 0.1) is 11.8 Å². The molecule has 0 heterocycles. The van der Waals surface area contributed by atoms with Crippen LogP contribution < -0.4 is 0 Å². The fourth-order valence-corrected chi connectivity index (χ4v) is 7.93. The molecule has 0 amide bonds. The van der Waals surface area contributed by atoms with Gasteiger partial charge in [0.25, 0.3) is 0 Å². The minimum atomic E-state index is -0.761. The third-order valence-electron chi connectivity index (χ3n) is 12.7. The first-order valence-electron chi connectivity index (χ1n) is 26.3. The fourth-order valence-electron chi connectivity index (χ4n) is 7.93. The Balaban J connectivity index is 4.29. The van der Waals surface area contributed by atoms with Gasteiger partial charge in [-0.15, -0.1) is 0 Å². The quantitative estimate of drug-likeness (QED) is 0.0345. The van der Waals surface area contributed by atoms with Crippen molar-refractivity contribution in [1.29, 1.82) is 0 Å². The highest BCUT2D eigenvalue weighted by Gasteiger charge is 2.19. The summed E-state index contributed by atoms with van der Waals surface area (Å²) in [4.78, 5) is 37.9. The van der Waals surface area contributed by atoms with Gasteiger partial charge in [0.1, 0.15) is 13.2 Å². The van der Waals surface area contributed by atoms with E-state index in [0.29, 0.717) is 19.3 Å². The maximum atomic E-state index is 12.8. The van der Waals surface area contributed by atoms with Gasteiger partial charge in [0.2, 0.25) is 0 Å². The van der Waals surface area contributed by atoms with Crippen molar-refractivity contribution in [2.75, 3.05) is 13.2 Å². The van der Waals surface area contributed by atoms with Crippen LogP contribution in [0.2, 0.25) is 0 Å². The molecule has 0 aromatic heterocycles. The van der Waals surface area contributed by atoms with E-state index in [1.807, 2.05) is 0 Å². The molecule has 0 saturated heterocycles. The predicted octanol–water partition coefficient (Wildman–Crippen LogP) is 16.9. The average Bonchev–Trinajstić information content (AvgIpc) is 3.23. The van der Waals surface area contributed by atoms with E-state index in [2.05, 4.69) is 34.6 Å². The van der Waals surface area contributed by atoms with Crippen molar-refractivity contribution in [3.63, 3.8) is 0 Å². The Kier molecular flexibility index (Phi) is 44.7. The molecule has 0 radical (unpaired) electrons. The first-order chi connectivity index (χ1) is 28.8. The van der Waals surface area contributed by atoms with Crippen molar-refractivity contribution in [2.45, 2.75) is 298 Å². The summed E-state index contributed by atoms with van der Waals surface area (Å²) in [6.07, 6.45) is 46.5. The second-order valence-corrected chi connectivity index (χ2v) is 18.6. The van der Waals surface area contributed by atoms with Crippen molar-refractivity contribution in [1.82, 2.24) is 0 Å². The molecule has 0 aromatic carbocycles. The third kappa shape index (κ3) is 44.3. The topological polar surface area (TPSA) is 78.9 Å². The monoisotopic (exact) mass is 835 g/mol. The predicted molar refractivity (Wildman–Crippen MR) is 252 cm³/mol. The molecule has 0 N–H and O–H groups in total. The molecule has 2 unspecified atom stereocenters. The number of ether oxygens (including phenoxy) is 3. The standard InChI is InChI=1S/C53H102O6/c1-6-9-10-11-12-13-18-22-28-33-38-43-51(54)57-46-50(47-58-52(55)44-39-34-29-25-24-27-32-37-42-49(5)8-3)59-53(56)45-40-35-30-23-20-17-15-14-16-19-21-26-31-36-41-48(4)7-2/h48-50H,6-47H2,1-5H3/t48?,49?,50-/m1/s1. The van der Waals surface area contributed by atoms with E-state index in [9.17, 15) is 14.4 Å². The van der Waals surface area contributed by atoms with Gasteiger partial charge in [-0.05, 0) is 31.1 Å². The minimum absolute atomic E-state index is 0.0639. The van der Waals surface area contributed by atoms with Gasteiger partial charge in [-0.25, -0.2) is 0 Å². The van der Waals surface area contributed by atoms with Crippen LogP contribution in [0.4, 0.5) is 0 Å². The molecule has 0 aliphatic carbocycles. The zero-order valence-electron chi connectivity index (χ0n) is 40.4. The summed E-state index contributed by atoms with van der Waals surface area (Å²) in [7, 11) is 0. The Morgan fingerprint density at radius 1 is 0.339 bits per heavy atom. The second-order valence-electron chi connectivity index (χ2n) is 18.6. The summed E-state index contributed by atoms with van der Waals surface area (Å²) < 4.78 is 16.8. The van der Waals surface area contributed by atoms with Gasteiger partial charge in [0, 0.05) is 19.3 Å². The zero-order valence-corrected chi connectivity index (χ0v) is 40.4. The molecule has 0 saturated carbocycles. The van der Waals surface area contributed by atoms with Crippen molar-refractivity contribution in [3.8, 4) is 0 Å². The maximum Gasteiger partial charge on any atom is 0.306 e. The van der Waals surface area contributed by atoms with Crippen LogP contribution in [-0.4, -0.2) is 37.2 Å². The highest BCUT2D eigenvalue weighted by Crippen LogP contribution is 2.18. The van der Waals surface area contributed by atoms with Gasteiger partial charge in [-0.2, -0.15) is 0 Å². The van der Waals surface area contributed by atoms with E-state index in [1.165, 1.54) is 180 Å². The molecule has 0 rings (SSSR count). The van der Waals surface area contributed by atoms with E-state index in [0.717, 1.165) is 69.6 Å². The fraction of sp³-hybridized carbons (Fsp3) is 0.943. The molecule has 0 fully saturated rings. The molecular weight excluding hydrogens is 733 g/mol. The van der Waals surface area contributed by atoms with Crippen molar-refractivity contribution >= 4 is 17.9 Å². The lowest BCUT2D eigenvalue weighted by Crippen LogP contribution is -2.30. The molecular formula is C53H102O6. The number of carbonyl (C=O) groups is 3. The zero-order chi connectivity index (χ0) is 43.3. The molecule has 0 aliphatic heterocycles. The molecule has 0 bridgehead atoms. The molecule has 59 heavy (non-hydrogen) atoms. The molecule has 0 aromatic rings. The van der Waals surface area contributed by atoms with Crippen LogP contribution in [0.1, 0.15) is 291 Å². The Morgan fingerprint density at radius 2 is 0.593 bits per heavy atom. The van der Waals surface area contributed by atoms with E-state index >= 15 is 0 Å². The number of esters is 3. The molecule has 6 heteroatoms. The van der Waals surface area contributed by atoms with E-state index in [-0.39, 0.29) is 31.1 Å². The van der Waals surface area contributed by atoms with E-state index in [1.54, 1.807) is 0 Å². The summed E-state index contributed by atoms with van der Waals surface area (Å²) in [5.41, 5.74) is 0. The summed E-state index contributed by atoms with van der Waals surface area (Å²) in [6, 6.07) is 0. The lowest BCUT2D eigenvalue weighted by atomic mass is 9.99. The van der Waals surface area contributed by atoms with Crippen LogP contribution >= 0.6 is 0 Å². The Morgan fingerprint density at radius 3 is 0.881 bits per heavy atom. The summed E-state index contributed by atoms with van der Waals surface area (Å²) in [5.74, 6) is 0.893. The number of rotatable bonds is 47. The van der Waals surface area contributed by atoms with Crippen molar-refractivity contribution < 1.29 is 28.6 Å². The Bertz CT molecular complexity index is 904. The van der Waals surface area contributed by atoms with Gasteiger partial charge in [0.05, 0.1) is 0 Å². The summed E-state index contributed by atoms with van der Waals surface area (Å²) >= 11 is 0. The molecule has 0 aliphatic rings. The van der Waals surface area contributed by atoms with Crippen LogP contribution in [0.15, 0.2) is 0 Å². The molecule has 0 spiro atoms. The highest BCUT2D eigenvalue weighted by atomic mass is 16.6. The molecule has 3 atom stereocenters. The van der Waals surface area contributed by atoms with Crippen LogP contribution in [-0.2, 0) is 28.6 Å². The normalized spacial score (nSPS) is 13.0. The van der Waals surface area contributed by atoms with Crippen LogP contribution in [0.5, 0.6) is 0 Å². The first kappa shape index (κ1) is 57.4. The van der Waals surface area contributed by atoms with Crippen LogP contribution in [0.3, 0.4) is 0 Å². The van der Waals surface area contributed by atoms with Gasteiger partial charge in [-0.3, -0.25) is 14.4 Å². The molecule has 350 valence electrons. The van der Waals surface area contributed by atoms with Crippen molar-refractivity contribution in [2.24, 2.45) is 11.8 Å². The number of hydrogen-bond acceptors (Lipinski definition) is 6. The SMILES string of the molecule is CCCCCCCCCCCCCC(=O)OC[C@H](COC(=O)CCCCCCCCCCC(C)CC)OC(=O)CCCCCCCCCCCCCCCCC(C)CC. The number of unbranched alkanes of at least 4 members (excludes halogenated alkanes) is 30. The second kappa shape index (κ2) is 45.9. The first-order valence-corrected chi connectivity index (χ1v) is 26.3. The van der Waals surface area contributed by atoms with E-state index in [4.69, 9.17) is 14.2 Å². The minimum Gasteiger partial charge on any atom is -0.462 e. The smallest absolute Gasteiger partial charge is 0.306 e. The molecule has 6 nitrogen and oxygen atoms in total. The maximum absolute atomic E-state index is 12.8.